The highest BCUT2D eigenvalue weighted by Crippen LogP contribution is 2.22. The molecule has 2 rings (SSSR count). The van der Waals surface area contributed by atoms with Gasteiger partial charge in [0.2, 0.25) is 5.91 Å². The van der Waals surface area contributed by atoms with Crippen molar-refractivity contribution in [2.75, 3.05) is 34.3 Å². The van der Waals surface area contributed by atoms with E-state index in [1.165, 1.54) is 32.1 Å². The quantitative estimate of drug-likeness (QED) is 0.579. The number of rotatable bonds is 7. The fraction of sp³-hybridized carbons (Fsp3) is 0.600. The van der Waals surface area contributed by atoms with Gasteiger partial charge in [-0.3, -0.25) is 4.79 Å². The molecular formula is C20H32N4O2. The van der Waals surface area contributed by atoms with E-state index in [1.807, 2.05) is 24.3 Å². The van der Waals surface area contributed by atoms with Crippen LogP contribution in [-0.4, -0.2) is 51.1 Å². The van der Waals surface area contributed by atoms with Gasteiger partial charge in [-0.2, -0.15) is 0 Å². The topological polar surface area (TPSA) is 66.0 Å². The molecule has 1 aliphatic rings. The zero-order valence-electron chi connectivity index (χ0n) is 16.3. The molecular weight excluding hydrogens is 328 g/mol. The first-order valence-corrected chi connectivity index (χ1v) is 9.43. The van der Waals surface area contributed by atoms with Crippen LogP contribution in [0.4, 0.5) is 0 Å². The van der Waals surface area contributed by atoms with Gasteiger partial charge in [0.15, 0.2) is 5.96 Å². The third-order valence-electron chi connectivity index (χ3n) is 4.74. The van der Waals surface area contributed by atoms with Crippen molar-refractivity contribution in [3.63, 3.8) is 0 Å². The normalized spacial score (nSPS) is 15.4. The molecule has 1 saturated carbocycles. The van der Waals surface area contributed by atoms with Crippen LogP contribution in [0.5, 0.6) is 5.75 Å². The molecule has 0 aromatic heterocycles. The number of nitrogens with zero attached hydrogens (tertiary/aromatic N) is 2. The van der Waals surface area contributed by atoms with Crippen molar-refractivity contribution in [1.82, 2.24) is 15.5 Å². The number of benzene rings is 1. The number of likely N-dealkylation sites (N-methyl/N-ethyl adjacent to an activating group) is 1. The first kappa shape index (κ1) is 20.1. The van der Waals surface area contributed by atoms with E-state index in [9.17, 15) is 4.79 Å². The Morgan fingerprint density at radius 3 is 2.69 bits per heavy atom. The molecule has 0 radical (unpaired) electrons. The van der Waals surface area contributed by atoms with E-state index in [2.05, 4.69) is 15.6 Å². The Morgan fingerprint density at radius 1 is 1.23 bits per heavy atom. The number of guanidine groups is 1. The molecule has 1 aromatic rings. The largest absolute Gasteiger partial charge is 0.497 e. The Kier molecular flexibility index (Phi) is 8.25. The van der Waals surface area contributed by atoms with E-state index in [0.29, 0.717) is 18.4 Å². The average molecular weight is 361 g/mol. The molecule has 1 aromatic carbocycles. The smallest absolute Gasteiger partial charge is 0.241 e. The molecule has 0 saturated heterocycles. The summed E-state index contributed by atoms with van der Waals surface area (Å²) in [6.45, 7) is 1.68. The van der Waals surface area contributed by atoms with Crippen LogP contribution in [0.2, 0.25) is 0 Å². The van der Waals surface area contributed by atoms with Crippen LogP contribution in [0.1, 0.15) is 37.7 Å². The molecule has 26 heavy (non-hydrogen) atoms. The van der Waals surface area contributed by atoms with Crippen molar-refractivity contribution < 1.29 is 9.53 Å². The van der Waals surface area contributed by atoms with Crippen molar-refractivity contribution in [3.8, 4) is 5.75 Å². The highest BCUT2D eigenvalue weighted by Gasteiger charge is 2.14. The van der Waals surface area contributed by atoms with Gasteiger partial charge in [-0.15, -0.1) is 0 Å². The minimum absolute atomic E-state index is 0.0264. The van der Waals surface area contributed by atoms with Crippen LogP contribution >= 0.6 is 0 Å². The molecule has 0 spiro atoms. The van der Waals surface area contributed by atoms with Crippen molar-refractivity contribution in [3.05, 3.63) is 29.8 Å². The van der Waals surface area contributed by atoms with Crippen molar-refractivity contribution in [2.24, 2.45) is 10.9 Å². The molecule has 6 heteroatoms. The number of hydrogen-bond acceptors (Lipinski definition) is 3. The van der Waals surface area contributed by atoms with Crippen LogP contribution < -0.4 is 15.4 Å². The molecule has 0 unspecified atom stereocenters. The summed E-state index contributed by atoms with van der Waals surface area (Å²) in [5.41, 5.74) is 1.07. The lowest BCUT2D eigenvalue weighted by Crippen LogP contribution is -2.44. The van der Waals surface area contributed by atoms with E-state index >= 15 is 0 Å². The van der Waals surface area contributed by atoms with E-state index < -0.39 is 0 Å². The summed E-state index contributed by atoms with van der Waals surface area (Å²) >= 11 is 0. The van der Waals surface area contributed by atoms with Gasteiger partial charge in [0.05, 0.1) is 20.2 Å². The molecule has 1 aliphatic carbocycles. The third-order valence-corrected chi connectivity index (χ3v) is 4.74. The number of hydrogen-bond donors (Lipinski definition) is 2. The maximum absolute atomic E-state index is 11.9. The minimum atomic E-state index is 0.0264. The van der Waals surface area contributed by atoms with Gasteiger partial charge in [-0.1, -0.05) is 31.4 Å². The number of nitrogens with one attached hydrogen (secondary N) is 2. The number of methoxy groups -OCH3 is 1. The van der Waals surface area contributed by atoms with E-state index in [-0.39, 0.29) is 12.5 Å². The first-order chi connectivity index (χ1) is 12.6. The van der Waals surface area contributed by atoms with Crippen molar-refractivity contribution in [1.29, 1.82) is 0 Å². The summed E-state index contributed by atoms with van der Waals surface area (Å²) in [6.07, 6.45) is 6.52. The number of aliphatic imine (C=N–C) groups is 1. The lowest BCUT2D eigenvalue weighted by molar-refractivity contribution is -0.127. The summed E-state index contributed by atoms with van der Waals surface area (Å²) < 4.78 is 5.26. The maximum Gasteiger partial charge on any atom is 0.241 e. The Labute approximate surface area is 157 Å². The Bertz CT molecular complexity index is 595. The molecule has 2 N–H and O–H groups in total. The Hall–Kier alpha value is -2.24. The van der Waals surface area contributed by atoms with Crippen LogP contribution in [0, 0.1) is 5.92 Å². The highest BCUT2D eigenvalue weighted by atomic mass is 16.5. The van der Waals surface area contributed by atoms with Gasteiger partial charge in [-0.05, 0) is 36.5 Å². The SMILES string of the molecule is COc1cccc(CN=C(NCC(=O)N(C)C)NCC2CCCCC2)c1. The highest BCUT2D eigenvalue weighted by molar-refractivity contribution is 5.86. The van der Waals surface area contributed by atoms with E-state index in [4.69, 9.17) is 4.74 Å². The van der Waals surface area contributed by atoms with Crippen LogP contribution in [0.25, 0.3) is 0 Å². The zero-order chi connectivity index (χ0) is 18.8. The minimum Gasteiger partial charge on any atom is -0.497 e. The lowest BCUT2D eigenvalue weighted by Gasteiger charge is -2.23. The van der Waals surface area contributed by atoms with E-state index in [1.54, 1.807) is 26.1 Å². The second kappa shape index (κ2) is 10.7. The third kappa shape index (κ3) is 6.94. The first-order valence-electron chi connectivity index (χ1n) is 9.43. The maximum atomic E-state index is 11.9. The fourth-order valence-corrected chi connectivity index (χ4v) is 3.07. The Balaban J connectivity index is 1.96. The van der Waals surface area contributed by atoms with E-state index in [0.717, 1.165) is 17.9 Å². The number of carbonyl (C=O) groups excluding carboxylic acids is 1. The standard InChI is InChI=1S/C20H32N4O2/c1-24(2)19(25)15-23-20(21-13-16-8-5-4-6-9-16)22-14-17-10-7-11-18(12-17)26-3/h7,10-12,16H,4-6,8-9,13-15H2,1-3H3,(H2,21,22,23). The molecule has 144 valence electrons. The number of ether oxygens (including phenoxy) is 1. The molecule has 1 fully saturated rings. The summed E-state index contributed by atoms with van der Waals surface area (Å²) in [4.78, 5) is 18.1. The molecule has 0 aliphatic heterocycles. The van der Waals surface area contributed by atoms with Gasteiger partial charge in [0, 0.05) is 20.6 Å². The second-order valence-corrected chi connectivity index (χ2v) is 7.04. The van der Waals surface area contributed by atoms with Crippen LogP contribution in [0.15, 0.2) is 29.3 Å². The number of amides is 1. The monoisotopic (exact) mass is 360 g/mol. The Morgan fingerprint density at radius 2 is 2.00 bits per heavy atom. The van der Waals surface area contributed by atoms with Gasteiger partial charge >= 0.3 is 0 Å². The molecule has 0 heterocycles. The van der Waals surface area contributed by atoms with Crippen LogP contribution in [-0.2, 0) is 11.3 Å². The van der Waals surface area contributed by atoms with Crippen molar-refractivity contribution >= 4 is 11.9 Å². The summed E-state index contributed by atoms with van der Waals surface area (Å²) in [5, 5.41) is 6.58. The fourth-order valence-electron chi connectivity index (χ4n) is 3.07. The predicted octanol–water partition coefficient (Wildman–Crippen LogP) is 2.40. The molecule has 0 bridgehead atoms. The predicted molar refractivity (Wildman–Crippen MR) is 105 cm³/mol. The lowest BCUT2D eigenvalue weighted by atomic mass is 9.89. The van der Waals surface area contributed by atoms with Gasteiger partial charge in [-0.25, -0.2) is 4.99 Å². The second-order valence-electron chi connectivity index (χ2n) is 7.04. The number of carbonyl (C=O) groups is 1. The van der Waals surface area contributed by atoms with Gasteiger partial charge in [0.25, 0.3) is 0 Å². The van der Waals surface area contributed by atoms with Crippen LogP contribution in [0.3, 0.4) is 0 Å². The summed E-state index contributed by atoms with van der Waals surface area (Å²) in [5.74, 6) is 2.23. The van der Waals surface area contributed by atoms with Crippen molar-refractivity contribution in [2.45, 2.75) is 38.6 Å². The summed E-state index contributed by atoms with van der Waals surface area (Å²) in [7, 11) is 5.17. The zero-order valence-corrected chi connectivity index (χ0v) is 16.3. The molecule has 0 atom stereocenters. The molecule has 1 amide bonds. The average Bonchev–Trinajstić information content (AvgIpc) is 2.68. The molecule has 6 nitrogen and oxygen atoms in total. The van der Waals surface area contributed by atoms with Gasteiger partial charge < -0.3 is 20.3 Å². The van der Waals surface area contributed by atoms with Gasteiger partial charge in [0.1, 0.15) is 5.75 Å². The summed E-state index contributed by atoms with van der Waals surface area (Å²) in [6, 6.07) is 7.88.